The molecule has 0 aromatic carbocycles. The highest BCUT2D eigenvalue weighted by Gasteiger charge is 2.19. The Morgan fingerprint density at radius 2 is 0.520 bits per heavy atom. The highest BCUT2D eigenvalue weighted by molar-refractivity contribution is 5.71. The molecule has 0 radical (unpaired) electrons. The molecule has 428 valence electrons. The second kappa shape index (κ2) is 62.6. The third-order valence-electron chi connectivity index (χ3n) is 13.3. The molecule has 0 aliphatic carbocycles. The normalized spacial score (nSPS) is 12.8. The van der Waals surface area contributed by atoms with E-state index in [0.29, 0.717) is 12.8 Å². The third-order valence-corrected chi connectivity index (χ3v) is 13.3. The molecule has 1 unspecified atom stereocenters. The number of hydrogen-bond acceptors (Lipinski definition) is 6. The van der Waals surface area contributed by atoms with E-state index in [4.69, 9.17) is 14.2 Å². The number of carbonyl (C=O) groups excluding carboxylic acids is 3. The highest BCUT2D eigenvalue weighted by atomic mass is 16.6. The predicted octanol–water partition coefficient (Wildman–Crippen LogP) is 21.4. The van der Waals surface area contributed by atoms with Crippen LogP contribution in [0.2, 0.25) is 0 Å². The molecule has 0 fully saturated rings. The number of rotatable bonds is 56. The zero-order valence-corrected chi connectivity index (χ0v) is 49.0. The summed E-state index contributed by atoms with van der Waals surface area (Å²) in [5.74, 6) is -0.936. The Balaban J connectivity index is 4.12. The van der Waals surface area contributed by atoms with Gasteiger partial charge in [-0.3, -0.25) is 14.4 Å². The van der Waals surface area contributed by atoms with Crippen molar-refractivity contribution in [3.8, 4) is 0 Å². The Morgan fingerprint density at radius 3 is 0.827 bits per heavy atom. The lowest BCUT2D eigenvalue weighted by molar-refractivity contribution is -0.167. The van der Waals surface area contributed by atoms with Crippen LogP contribution in [0.1, 0.15) is 290 Å². The van der Waals surface area contributed by atoms with E-state index in [2.05, 4.69) is 130 Å². The maximum Gasteiger partial charge on any atom is 0.306 e. The molecule has 75 heavy (non-hydrogen) atoms. The van der Waals surface area contributed by atoms with Crippen molar-refractivity contribution in [3.63, 3.8) is 0 Å². The zero-order chi connectivity index (χ0) is 54.3. The summed E-state index contributed by atoms with van der Waals surface area (Å²) < 4.78 is 16.7. The first-order valence-corrected chi connectivity index (χ1v) is 31.4. The topological polar surface area (TPSA) is 78.9 Å². The van der Waals surface area contributed by atoms with Gasteiger partial charge in [-0.25, -0.2) is 0 Å². The second-order valence-electron chi connectivity index (χ2n) is 20.6. The average Bonchev–Trinajstić information content (AvgIpc) is 3.41. The van der Waals surface area contributed by atoms with Gasteiger partial charge in [0.1, 0.15) is 13.2 Å². The van der Waals surface area contributed by atoms with Crippen molar-refractivity contribution in [2.75, 3.05) is 13.2 Å². The summed E-state index contributed by atoms with van der Waals surface area (Å²) in [7, 11) is 0. The zero-order valence-electron chi connectivity index (χ0n) is 49.0. The summed E-state index contributed by atoms with van der Waals surface area (Å²) in [5, 5.41) is 0. The first kappa shape index (κ1) is 71.1. The first-order chi connectivity index (χ1) is 37.0. The molecule has 0 aromatic heterocycles. The van der Waals surface area contributed by atoms with E-state index in [1.807, 2.05) is 0 Å². The van der Waals surface area contributed by atoms with Crippen molar-refractivity contribution in [1.82, 2.24) is 0 Å². The van der Waals surface area contributed by atoms with E-state index in [1.165, 1.54) is 122 Å². The van der Waals surface area contributed by atoms with E-state index in [0.717, 1.165) is 128 Å². The molecule has 0 amide bonds. The SMILES string of the molecule is CC/C=C\C/C=C\C/C=C\C/C=C\C/C=C\C/C=C\C/C=C\CCCCCC(=O)OC(COC(=O)CCCCCCC)COC(=O)CCCCCCCCCCCCCCCCC/C=C\C/C=C\CCCCCCC. The maximum absolute atomic E-state index is 12.8. The van der Waals surface area contributed by atoms with E-state index in [1.54, 1.807) is 0 Å². The minimum Gasteiger partial charge on any atom is -0.462 e. The van der Waals surface area contributed by atoms with E-state index >= 15 is 0 Å². The van der Waals surface area contributed by atoms with E-state index < -0.39 is 6.10 Å². The molecule has 0 saturated heterocycles. The van der Waals surface area contributed by atoms with Gasteiger partial charge in [-0.2, -0.15) is 0 Å². The molecule has 0 spiro atoms. The van der Waals surface area contributed by atoms with Gasteiger partial charge in [0.25, 0.3) is 0 Å². The number of allylic oxidation sites excluding steroid dienone is 18. The second-order valence-corrected chi connectivity index (χ2v) is 20.6. The monoisotopic (exact) mass is 1040 g/mol. The molecule has 0 aliphatic heterocycles. The summed E-state index contributed by atoms with van der Waals surface area (Å²) in [5.41, 5.74) is 0. The van der Waals surface area contributed by atoms with Gasteiger partial charge in [-0.15, -0.1) is 0 Å². The molecule has 0 N–H and O–H groups in total. The minimum absolute atomic E-state index is 0.0917. The fourth-order valence-corrected chi connectivity index (χ4v) is 8.57. The number of esters is 3. The lowest BCUT2D eigenvalue weighted by Crippen LogP contribution is -2.30. The van der Waals surface area contributed by atoms with Crippen molar-refractivity contribution in [3.05, 3.63) is 109 Å². The van der Waals surface area contributed by atoms with Gasteiger partial charge >= 0.3 is 17.9 Å². The molecule has 0 aliphatic rings. The quantitative estimate of drug-likeness (QED) is 0.0261. The maximum atomic E-state index is 12.8. The van der Waals surface area contributed by atoms with Crippen molar-refractivity contribution < 1.29 is 28.6 Å². The molecule has 0 aromatic rings. The molecule has 6 nitrogen and oxygen atoms in total. The van der Waals surface area contributed by atoms with Gasteiger partial charge in [0.05, 0.1) is 0 Å². The number of unbranched alkanes of at least 4 members (excludes halogenated alkanes) is 27. The Morgan fingerprint density at radius 1 is 0.280 bits per heavy atom. The Bertz CT molecular complexity index is 1520. The summed E-state index contributed by atoms with van der Waals surface area (Å²) in [6.07, 6.45) is 85.7. The predicted molar refractivity (Wildman–Crippen MR) is 325 cm³/mol. The summed E-state index contributed by atoms with van der Waals surface area (Å²) >= 11 is 0. The van der Waals surface area contributed by atoms with Gasteiger partial charge in [0.2, 0.25) is 0 Å². The highest BCUT2D eigenvalue weighted by Crippen LogP contribution is 2.16. The fraction of sp³-hybridized carbons (Fsp3) is 0.696. The minimum atomic E-state index is -0.794. The van der Waals surface area contributed by atoms with Crippen LogP contribution in [0.4, 0.5) is 0 Å². The van der Waals surface area contributed by atoms with Crippen molar-refractivity contribution in [2.45, 2.75) is 297 Å². The van der Waals surface area contributed by atoms with Crippen LogP contribution in [0.25, 0.3) is 0 Å². The standard InChI is InChI=1S/C69H116O6/c1-4-7-10-13-15-17-19-21-23-25-27-29-31-33-34-36-37-39-41-43-45-47-49-51-53-56-59-62-68(71)74-65-66(64-73-67(70)61-58-55-12-9-6-3)75-69(72)63-60-57-54-52-50-48-46-44-42-40-38-35-32-30-28-26-24-22-20-18-16-14-11-8-5-2/h8,11,16,18-19,21-22,24-25,27-28,30,35,38,42,44,48,50,66H,4-7,9-10,12-15,17,20,23,26,29,31-34,36-37,39-41,43,45-47,49,51-65H2,1-3H3/b11-8-,18-16-,21-19-,24-22-,27-25-,30-28-,38-35-,44-42-,50-48-. The molecule has 0 saturated carbocycles. The van der Waals surface area contributed by atoms with Gasteiger partial charge < -0.3 is 14.2 Å². The van der Waals surface area contributed by atoms with Gasteiger partial charge in [-0.1, -0.05) is 271 Å². The van der Waals surface area contributed by atoms with E-state index in [9.17, 15) is 14.4 Å². The summed E-state index contributed by atoms with van der Waals surface area (Å²) in [6.45, 7) is 6.42. The van der Waals surface area contributed by atoms with Crippen LogP contribution in [0.5, 0.6) is 0 Å². The number of carbonyl (C=O) groups is 3. The lowest BCUT2D eigenvalue weighted by Gasteiger charge is -2.18. The third kappa shape index (κ3) is 60.8. The van der Waals surface area contributed by atoms with Gasteiger partial charge in [0.15, 0.2) is 6.10 Å². The van der Waals surface area contributed by atoms with Crippen molar-refractivity contribution in [2.24, 2.45) is 0 Å². The molecule has 0 bridgehead atoms. The molecule has 0 rings (SSSR count). The van der Waals surface area contributed by atoms with Crippen LogP contribution in [0.3, 0.4) is 0 Å². The summed E-state index contributed by atoms with van der Waals surface area (Å²) in [6, 6.07) is 0. The van der Waals surface area contributed by atoms with Crippen LogP contribution in [0, 0.1) is 0 Å². The van der Waals surface area contributed by atoms with Crippen LogP contribution >= 0.6 is 0 Å². The smallest absolute Gasteiger partial charge is 0.306 e. The van der Waals surface area contributed by atoms with Crippen molar-refractivity contribution in [1.29, 1.82) is 0 Å². The van der Waals surface area contributed by atoms with Crippen LogP contribution < -0.4 is 0 Å². The lowest BCUT2D eigenvalue weighted by atomic mass is 10.0. The average molecular weight is 1040 g/mol. The number of ether oxygens (including phenoxy) is 3. The first-order valence-electron chi connectivity index (χ1n) is 31.4. The molecule has 0 heterocycles. The Labute approximate surface area is 463 Å². The number of hydrogen-bond donors (Lipinski definition) is 0. The van der Waals surface area contributed by atoms with Gasteiger partial charge in [0, 0.05) is 19.3 Å². The van der Waals surface area contributed by atoms with Gasteiger partial charge in [-0.05, 0) is 109 Å². The van der Waals surface area contributed by atoms with Crippen molar-refractivity contribution >= 4 is 17.9 Å². The van der Waals surface area contributed by atoms with Crippen LogP contribution in [0.15, 0.2) is 109 Å². The van der Waals surface area contributed by atoms with Crippen LogP contribution in [-0.4, -0.2) is 37.2 Å². The van der Waals surface area contributed by atoms with Crippen LogP contribution in [-0.2, 0) is 28.6 Å². The molecule has 6 heteroatoms. The van der Waals surface area contributed by atoms with E-state index in [-0.39, 0.29) is 37.5 Å². The Hall–Kier alpha value is -3.93. The largest absolute Gasteiger partial charge is 0.462 e. The molecule has 1 atom stereocenters. The molecular weight excluding hydrogens is 925 g/mol. The summed E-state index contributed by atoms with van der Waals surface area (Å²) in [4.78, 5) is 37.9. The fourth-order valence-electron chi connectivity index (χ4n) is 8.57. The Kier molecular flexibility index (Phi) is 59.3. The molecular formula is C69H116O6.